The van der Waals surface area contributed by atoms with Crippen molar-refractivity contribution in [1.82, 2.24) is 0 Å². The lowest BCUT2D eigenvalue weighted by atomic mass is 9.60. The normalized spacial score (nSPS) is 24.7. The first-order valence-electron chi connectivity index (χ1n) is 11.9. The Balaban J connectivity index is 2.02. The fourth-order valence-corrected chi connectivity index (χ4v) is 10.6. The van der Waals surface area contributed by atoms with Crippen LogP contribution in [-0.2, 0) is 4.43 Å². The van der Waals surface area contributed by atoms with Crippen LogP contribution in [0.4, 0.5) is 0 Å². The average molecular weight is 435 g/mol. The Kier molecular flexibility index (Phi) is 6.75. The third-order valence-corrected chi connectivity index (χ3v) is 13.8. The van der Waals surface area contributed by atoms with Crippen LogP contribution in [0.15, 0.2) is 73.3 Å². The average Bonchev–Trinajstić information content (AvgIpc) is 2.98. The van der Waals surface area contributed by atoms with Gasteiger partial charge in [0.1, 0.15) is 0 Å². The van der Waals surface area contributed by atoms with Gasteiger partial charge >= 0.3 is 0 Å². The molecule has 0 heterocycles. The fraction of sp³-hybridized carbons (Fsp3) is 0.517. The van der Waals surface area contributed by atoms with E-state index < -0.39 is 8.32 Å². The number of benzene rings is 2. The molecule has 2 heteroatoms. The van der Waals surface area contributed by atoms with Crippen molar-refractivity contribution in [3.05, 3.63) is 73.3 Å². The minimum absolute atomic E-state index is 0.0240. The zero-order valence-electron chi connectivity index (χ0n) is 20.7. The molecule has 2 aromatic carbocycles. The monoisotopic (exact) mass is 434 g/mol. The summed E-state index contributed by atoms with van der Waals surface area (Å²) < 4.78 is 7.31. The van der Waals surface area contributed by atoms with E-state index in [0.29, 0.717) is 11.8 Å². The van der Waals surface area contributed by atoms with Crippen LogP contribution in [0.1, 0.15) is 61.3 Å². The third kappa shape index (κ3) is 3.98. The van der Waals surface area contributed by atoms with Gasteiger partial charge in [-0.3, -0.25) is 0 Å². The SMILES string of the molecule is C=CC(C)C1(C)CCC(CO[Si](c2ccccc2)(c2ccccc2)C(C)(C)C)C1(C)C. The minimum Gasteiger partial charge on any atom is -0.407 e. The standard InChI is InChI=1S/C29H42OSi/c1-9-23(2)29(8)21-20-24(28(29,6)7)22-30-31(27(3,4)5,25-16-12-10-13-17-25)26-18-14-11-15-19-26/h9-19,23-24H,1,20-22H2,2-8H3. The van der Waals surface area contributed by atoms with Gasteiger partial charge < -0.3 is 4.43 Å². The van der Waals surface area contributed by atoms with Crippen LogP contribution in [0.3, 0.4) is 0 Å². The van der Waals surface area contributed by atoms with E-state index >= 15 is 0 Å². The summed E-state index contributed by atoms with van der Waals surface area (Å²) in [5, 5.41) is 2.76. The second-order valence-electron chi connectivity index (χ2n) is 11.4. The zero-order valence-corrected chi connectivity index (χ0v) is 21.7. The Morgan fingerprint density at radius 3 is 1.90 bits per heavy atom. The van der Waals surface area contributed by atoms with E-state index in [1.54, 1.807) is 0 Å². The first-order valence-corrected chi connectivity index (χ1v) is 13.8. The molecule has 0 spiro atoms. The second kappa shape index (κ2) is 8.71. The van der Waals surface area contributed by atoms with Crippen molar-refractivity contribution in [2.45, 2.75) is 66.3 Å². The molecule has 1 fully saturated rings. The lowest BCUT2D eigenvalue weighted by molar-refractivity contribution is 0.0327. The molecular formula is C29H42OSi. The fourth-order valence-electron chi connectivity index (χ4n) is 5.98. The van der Waals surface area contributed by atoms with E-state index in [2.05, 4.69) is 122 Å². The van der Waals surface area contributed by atoms with Crippen molar-refractivity contribution in [2.75, 3.05) is 6.61 Å². The summed E-state index contributed by atoms with van der Waals surface area (Å²) in [7, 11) is -2.48. The summed E-state index contributed by atoms with van der Waals surface area (Å²) in [5.41, 5.74) is 0.459. The molecule has 1 nitrogen and oxygen atoms in total. The van der Waals surface area contributed by atoms with Crippen molar-refractivity contribution >= 4 is 18.7 Å². The number of hydrogen-bond donors (Lipinski definition) is 0. The van der Waals surface area contributed by atoms with Gasteiger partial charge in [0, 0.05) is 6.61 Å². The van der Waals surface area contributed by atoms with Gasteiger partial charge in [0.15, 0.2) is 0 Å². The minimum atomic E-state index is -2.48. The Morgan fingerprint density at radius 2 is 1.48 bits per heavy atom. The van der Waals surface area contributed by atoms with Crippen LogP contribution in [0.5, 0.6) is 0 Å². The maximum Gasteiger partial charge on any atom is 0.261 e. The number of rotatable bonds is 7. The largest absolute Gasteiger partial charge is 0.407 e. The molecule has 0 N–H and O–H groups in total. The molecule has 3 atom stereocenters. The van der Waals surface area contributed by atoms with Crippen LogP contribution < -0.4 is 10.4 Å². The van der Waals surface area contributed by atoms with Gasteiger partial charge in [-0.15, -0.1) is 6.58 Å². The van der Waals surface area contributed by atoms with E-state index in [1.807, 2.05) is 0 Å². The van der Waals surface area contributed by atoms with Gasteiger partial charge in [-0.25, -0.2) is 0 Å². The molecule has 3 rings (SSSR count). The predicted molar refractivity (Wildman–Crippen MR) is 138 cm³/mol. The van der Waals surface area contributed by atoms with Gasteiger partial charge in [-0.2, -0.15) is 0 Å². The first-order chi connectivity index (χ1) is 14.5. The summed E-state index contributed by atoms with van der Waals surface area (Å²) in [6.45, 7) is 21.7. The van der Waals surface area contributed by atoms with E-state index in [-0.39, 0.29) is 15.9 Å². The number of allylic oxidation sites excluding steroid dienone is 1. The number of hydrogen-bond acceptors (Lipinski definition) is 1. The van der Waals surface area contributed by atoms with Crippen LogP contribution in [0.2, 0.25) is 5.04 Å². The van der Waals surface area contributed by atoms with Gasteiger partial charge in [-0.1, -0.05) is 115 Å². The van der Waals surface area contributed by atoms with Crippen molar-refractivity contribution in [1.29, 1.82) is 0 Å². The molecule has 0 bridgehead atoms. The molecule has 0 saturated heterocycles. The topological polar surface area (TPSA) is 9.23 Å². The van der Waals surface area contributed by atoms with Crippen LogP contribution >= 0.6 is 0 Å². The molecule has 0 radical (unpaired) electrons. The molecule has 2 aromatic rings. The van der Waals surface area contributed by atoms with E-state index in [0.717, 1.165) is 6.61 Å². The summed E-state index contributed by atoms with van der Waals surface area (Å²) in [4.78, 5) is 0. The smallest absolute Gasteiger partial charge is 0.261 e. The summed E-state index contributed by atoms with van der Waals surface area (Å²) in [6.07, 6.45) is 4.61. The van der Waals surface area contributed by atoms with Gasteiger partial charge in [0.05, 0.1) is 0 Å². The van der Waals surface area contributed by atoms with Crippen molar-refractivity contribution < 1.29 is 4.43 Å². The molecule has 0 aromatic heterocycles. The lowest BCUT2D eigenvalue weighted by Crippen LogP contribution is -2.67. The Labute approximate surface area is 192 Å². The highest BCUT2D eigenvalue weighted by atomic mass is 28.4. The first kappa shape index (κ1) is 24.0. The quantitative estimate of drug-likeness (QED) is 0.343. The van der Waals surface area contributed by atoms with Crippen LogP contribution in [0.25, 0.3) is 0 Å². The lowest BCUT2D eigenvalue weighted by Gasteiger charge is -2.47. The maximum atomic E-state index is 7.31. The molecule has 3 unspecified atom stereocenters. The maximum absolute atomic E-state index is 7.31. The molecule has 1 aliphatic rings. The molecule has 0 aliphatic heterocycles. The summed E-state index contributed by atoms with van der Waals surface area (Å²) >= 11 is 0. The summed E-state index contributed by atoms with van der Waals surface area (Å²) in [6, 6.07) is 22.0. The van der Waals surface area contributed by atoms with Crippen LogP contribution in [0, 0.1) is 22.7 Å². The van der Waals surface area contributed by atoms with Crippen molar-refractivity contribution in [2.24, 2.45) is 22.7 Å². The van der Waals surface area contributed by atoms with Gasteiger partial charge in [0.25, 0.3) is 8.32 Å². The summed E-state index contributed by atoms with van der Waals surface area (Å²) in [5.74, 6) is 1.04. The Bertz CT molecular complexity index is 825. The highest BCUT2D eigenvalue weighted by Gasteiger charge is 2.55. The predicted octanol–water partition coefficient (Wildman–Crippen LogP) is 6.83. The molecule has 0 amide bonds. The molecule has 31 heavy (non-hydrogen) atoms. The Morgan fingerprint density at radius 1 is 1.00 bits per heavy atom. The van der Waals surface area contributed by atoms with E-state index in [1.165, 1.54) is 23.2 Å². The molecular weight excluding hydrogens is 392 g/mol. The van der Waals surface area contributed by atoms with Crippen molar-refractivity contribution in [3.63, 3.8) is 0 Å². The van der Waals surface area contributed by atoms with Gasteiger partial charge in [-0.05, 0) is 50.9 Å². The molecule has 1 aliphatic carbocycles. The van der Waals surface area contributed by atoms with E-state index in [9.17, 15) is 0 Å². The zero-order chi connectivity index (χ0) is 22.9. The van der Waals surface area contributed by atoms with Gasteiger partial charge in [0.2, 0.25) is 0 Å². The highest BCUT2D eigenvalue weighted by Crippen LogP contribution is 2.60. The highest BCUT2D eigenvalue weighted by molar-refractivity contribution is 6.99. The molecule has 168 valence electrons. The Hall–Kier alpha value is -1.64. The van der Waals surface area contributed by atoms with E-state index in [4.69, 9.17) is 4.43 Å². The molecule has 1 saturated carbocycles. The third-order valence-electron chi connectivity index (χ3n) is 8.78. The van der Waals surface area contributed by atoms with Crippen molar-refractivity contribution in [3.8, 4) is 0 Å². The van der Waals surface area contributed by atoms with Crippen LogP contribution in [-0.4, -0.2) is 14.9 Å². The second-order valence-corrected chi connectivity index (χ2v) is 15.7.